The largest absolute Gasteiger partial charge is 0.497 e. The van der Waals surface area contributed by atoms with E-state index in [0.29, 0.717) is 5.75 Å². The molecule has 1 fully saturated rings. The monoisotopic (exact) mass is 555 g/mol. The molecule has 0 heterocycles. The molecule has 0 unspecified atom stereocenters. The number of hydrogen-bond acceptors (Lipinski definition) is 5. The zero-order chi connectivity index (χ0) is 26.5. The molecule has 2 amide bonds. The molecule has 0 aromatic heterocycles. The maximum atomic E-state index is 13.6. The van der Waals surface area contributed by atoms with Gasteiger partial charge in [0.2, 0.25) is 21.8 Å². The fourth-order valence-electron chi connectivity index (χ4n) is 4.18. The normalized spacial score (nSPS) is 14.8. The number of sulfonamides is 1. The highest BCUT2D eigenvalue weighted by Crippen LogP contribution is 2.33. The Bertz CT molecular complexity index is 1180. The third-order valence-electron chi connectivity index (χ3n) is 6.26. The van der Waals surface area contributed by atoms with Crippen LogP contribution in [0.5, 0.6) is 5.75 Å². The summed E-state index contributed by atoms with van der Waals surface area (Å²) in [6, 6.07) is 10.9. The fourth-order valence-corrected chi connectivity index (χ4v) is 5.48. The summed E-state index contributed by atoms with van der Waals surface area (Å²) in [5.41, 5.74) is 0.851. The van der Waals surface area contributed by atoms with Crippen molar-refractivity contribution in [3.63, 3.8) is 0 Å². The number of hydrogen-bond donors (Lipinski definition) is 1. The van der Waals surface area contributed by atoms with E-state index in [2.05, 4.69) is 5.32 Å². The quantitative estimate of drug-likeness (QED) is 0.472. The van der Waals surface area contributed by atoms with Gasteiger partial charge in [-0.3, -0.25) is 13.9 Å². The summed E-state index contributed by atoms with van der Waals surface area (Å²) in [4.78, 5) is 28.1. The van der Waals surface area contributed by atoms with Gasteiger partial charge in [-0.05, 0) is 49.6 Å². The molecule has 1 atom stereocenters. The van der Waals surface area contributed by atoms with Crippen LogP contribution in [0.4, 0.5) is 5.69 Å². The maximum Gasteiger partial charge on any atom is 0.244 e. The van der Waals surface area contributed by atoms with Crippen LogP contribution in [0.2, 0.25) is 10.0 Å². The van der Waals surface area contributed by atoms with E-state index in [1.54, 1.807) is 44.4 Å². The van der Waals surface area contributed by atoms with Gasteiger partial charge in [-0.1, -0.05) is 54.2 Å². The van der Waals surface area contributed by atoms with Gasteiger partial charge >= 0.3 is 0 Å². The molecule has 0 saturated heterocycles. The van der Waals surface area contributed by atoms with Crippen LogP contribution >= 0.6 is 23.2 Å². The van der Waals surface area contributed by atoms with Gasteiger partial charge in [0.25, 0.3) is 0 Å². The van der Waals surface area contributed by atoms with E-state index in [1.165, 1.54) is 17.0 Å². The Labute approximate surface area is 222 Å². The van der Waals surface area contributed by atoms with Crippen molar-refractivity contribution < 1.29 is 22.7 Å². The minimum atomic E-state index is -3.91. The van der Waals surface area contributed by atoms with Gasteiger partial charge in [0.1, 0.15) is 18.3 Å². The molecule has 11 heteroatoms. The number of nitrogens with one attached hydrogen (secondary N) is 1. The number of methoxy groups -OCH3 is 1. The average Bonchev–Trinajstić information content (AvgIpc) is 3.35. The summed E-state index contributed by atoms with van der Waals surface area (Å²) in [5, 5.41) is 3.21. The smallest absolute Gasteiger partial charge is 0.244 e. The lowest BCUT2D eigenvalue weighted by atomic mass is 10.1. The Hall–Kier alpha value is -2.49. The first-order valence-corrected chi connectivity index (χ1v) is 14.3. The van der Waals surface area contributed by atoms with Crippen molar-refractivity contribution >= 4 is 50.7 Å². The molecule has 1 aliphatic carbocycles. The van der Waals surface area contributed by atoms with Crippen molar-refractivity contribution in [1.29, 1.82) is 0 Å². The third-order valence-corrected chi connectivity index (χ3v) is 8.20. The molecule has 1 aliphatic rings. The lowest BCUT2D eigenvalue weighted by Crippen LogP contribution is -2.52. The minimum Gasteiger partial charge on any atom is -0.497 e. The fraction of sp³-hybridized carbons (Fsp3) is 0.440. The van der Waals surface area contributed by atoms with Crippen LogP contribution in [0.3, 0.4) is 0 Å². The van der Waals surface area contributed by atoms with Gasteiger partial charge in [0.15, 0.2) is 0 Å². The number of rotatable bonds is 10. The second kappa shape index (κ2) is 12.2. The second-order valence-corrected chi connectivity index (χ2v) is 11.6. The van der Waals surface area contributed by atoms with Crippen molar-refractivity contribution in [3.8, 4) is 5.75 Å². The third kappa shape index (κ3) is 7.05. The topological polar surface area (TPSA) is 96.0 Å². The van der Waals surface area contributed by atoms with E-state index in [1.807, 2.05) is 0 Å². The number of ether oxygens (including phenoxy) is 1. The molecular formula is C25H31Cl2N3O5S. The summed E-state index contributed by atoms with van der Waals surface area (Å²) in [6.07, 6.45) is 4.90. The standard InChI is InChI=1S/C25H31Cl2N3O5S/c1-17(25(32)28-19-7-4-5-8-19)29(15-18-11-13-20(35-2)14-12-18)23(31)16-30(36(3,33)34)22-10-6-9-21(26)24(22)27/h6,9-14,17,19H,4-5,7-8,15-16H2,1-3H3,(H,28,32)/t17-/m0/s1. The van der Waals surface area contributed by atoms with Gasteiger partial charge in [0.05, 0.1) is 29.1 Å². The predicted octanol–water partition coefficient (Wildman–Crippen LogP) is 4.24. The molecule has 0 radical (unpaired) electrons. The average molecular weight is 557 g/mol. The van der Waals surface area contributed by atoms with E-state index < -0.39 is 28.5 Å². The molecule has 1 saturated carbocycles. The zero-order valence-electron chi connectivity index (χ0n) is 20.5. The van der Waals surface area contributed by atoms with Crippen molar-refractivity contribution in [3.05, 3.63) is 58.1 Å². The molecule has 0 aliphatic heterocycles. The Morgan fingerprint density at radius 3 is 2.33 bits per heavy atom. The molecular weight excluding hydrogens is 525 g/mol. The molecule has 8 nitrogen and oxygen atoms in total. The summed E-state index contributed by atoms with van der Waals surface area (Å²) in [6.45, 7) is 1.20. The Morgan fingerprint density at radius 1 is 1.11 bits per heavy atom. The van der Waals surface area contributed by atoms with Gasteiger partial charge in [-0.25, -0.2) is 8.42 Å². The van der Waals surface area contributed by atoms with Crippen LogP contribution in [0, 0.1) is 0 Å². The molecule has 1 N–H and O–H groups in total. The molecule has 0 spiro atoms. The Balaban J connectivity index is 1.90. The Kier molecular flexibility index (Phi) is 9.49. The van der Waals surface area contributed by atoms with E-state index in [9.17, 15) is 18.0 Å². The number of anilines is 1. The van der Waals surface area contributed by atoms with Crippen molar-refractivity contribution in [2.75, 3.05) is 24.2 Å². The van der Waals surface area contributed by atoms with E-state index in [4.69, 9.17) is 27.9 Å². The highest BCUT2D eigenvalue weighted by Gasteiger charge is 2.32. The first kappa shape index (κ1) is 28.1. The van der Waals surface area contributed by atoms with Crippen LogP contribution in [-0.2, 0) is 26.2 Å². The van der Waals surface area contributed by atoms with Crippen LogP contribution in [0.15, 0.2) is 42.5 Å². The molecule has 0 bridgehead atoms. The number of amides is 2. The van der Waals surface area contributed by atoms with Gasteiger partial charge < -0.3 is 15.0 Å². The molecule has 3 rings (SSSR count). The lowest BCUT2D eigenvalue weighted by Gasteiger charge is -2.32. The van der Waals surface area contributed by atoms with Crippen LogP contribution < -0.4 is 14.4 Å². The lowest BCUT2D eigenvalue weighted by molar-refractivity contribution is -0.139. The summed E-state index contributed by atoms with van der Waals surface area (Å²) < 4.78 is 31.5. The first-order valence-electron chi connectivity index (χ1n) is 11.7. The summed E-state index contributed by atoms with van der Waals surface area (Å²) in [5.74, 6) is -0.181. The summed E-state index contributed by atoms with van der Waals surface area (Å²) in [7, 11) is -2.35. The van der Waals surface area contributed by atoms with Gasteiger partial charge in [-0.15, -0.1) is 0 Å². The Morgan fingerprint density at radius 2 is 1.75 bits per heavy atom. The number of carbonyl (C=O) groups is 2. The molecule has 2 aromatic carbocycles. The van der Waals surface area contributed by atoms with Crippen LogP contribution in [0.25, 0.3) is 0 Å². The zero-order valence-corrected chi connectivity index (χ0v) is 22.9. The minimum absolute atomic E-state index is 0.0196. The molecule has 36 heavy (non-hydrogen) atoms. The predicted molar refractivity (Wildman–Crippen MR) is 142 cm³/mol. The van der Waals surface area contributed by atoms with Crippen molar-refractivity contribution in [2.45, 2.75) is 51.2 Å². The van der Waals surface area contributed by atoms with E-state index >= 15 is 0 Å². The second-order valence-electron chi connectivity index (χ2n) is 8.88. The number of carbonyl (C=O) groups excluding carboxylic acids is 2. The highest BCUT2D eigenvalue weighted by atomic mass is 35.5. The van der Waals surface area contributed by atoms with Crippen LogP contribution in [-0.4, -0.2) is 57.1 Å². The van der Waals surface area contributed by atoms with Crippen molar-refractivity contribution in [2.24, 2.45) is 0 Å². The van der Waals surface area contributed by atoms with Crippen molar-refractivity contribution in [1.82, 2.24) is 10.2 Å². The van der Waals surface area contributed by atoms with Gasteiger partial charge in [0, 0.05) is 12.6 Å². The van der Waals surface area contributed by atoms with Crippen LogP contribution in [0.1, 0.15) is 38.2 Å². The maximum absolute atomic E-state index is 13.6. The first-order chi connectivity index (χ1) is 17.0. The number of nitrogens with zero attached hydrogens (tertiary/aromatic N) is 2. The SMILES string of the molecule is COc1ccc(CN(C(=O)CN(c2cccc(Cl)c2Cl)S(C)(=O)=O)[C@@H](C)C(=O)NC2CCCC2)cc1. The van der Waals surface area contributed by atoms with Gasteiger partial charge in [-0.2, -0.15) is 0 Å². The molecule has 2 aromatic rings. The summed E-state index contributed by atoms with van der Waals surface area (Å²) >= 11 is 12.4. The number of benzene rings is 2. The number of halogens is 2. The van der Waals surface area contributed by atoms with E-state index in [-0.39, 0.29) is 34.2 Å². The highest BCUT2D eigenvalue weighted by molar-refractivity contribution is 7.92. The van der Waals surface area contributed by atoms with E-state index in [0.717, 1.165) is 41.8 Å². The molecule has 196 valence electrons.